The van der Waals surface area contributed by atoms with Crippen molar-refractivity contribution >= 4 is 26.6 Å². The van der Waals surface area contributed by atoms with Gasteiger partial charge in [0.2, 0.25) is 5.88 Å². The molecule has 0 saturated heterocycles. The first kappa shape index (κ1) is 24.0. The number of hydrogen-bond acceptors (Lipinski definition) is 8. The largest absolute Gasteiger partial charge is 0.473 e. The molecular formula is C25H28N6O4S. The van der Waals surface area contributed by atoms with Crippen LogP contribution in [-0.2, 0) is 16.9 Å². The van der Waals surface area contributed by atoms with Gasteiger partial charge in [-0.1, -0.05) is 12.1 Å². The Morgan fingerprint density at radius 2 is 1.75 bits per heavy atom. The van der Waals surface area contributed by atoms with Crippen LogP contribution in [0.1, 0.15) is 31.7 Å². The van der Waals surface area contributed by atoms with Gasteiger partial charge in [-0.25, -0.2) is 18.1 Å². The molecule has 1 N–H and O–H groups in total. The van der Waals surface area contributed by atoms with Crippen LogP contribution in [0.4, 0.5) is 5.82 Å². The third kappa shape index (κ3) is 4.70. The van der Waals surface area contributed by atoms with Crippen LogP contribution in [0.5, 0.6) is 5.88 Å². The third-order valence-electron chi connectivity index (χ3n) is 6.62. The van der Waals surface area contributed by atoms with E-state index in [2.05, 4.69) is 20.1 Å². The van der Waals surface area contributed by atoms with E-state index >= 15 is 0 Å². The van der Waals surface area contributed by atoms with Gasteiger partial charge in [-0.2, -0.15) is 5.10 Å². The second-order valence-electron chi connectivity index (χ2n) is 9.11. The molecule has 10 nitrogen and oxygen atoms in total. The van der Waals surface area contributed by atoms with Gasteiger partial charge in [0.25, 0.3) is 5.56 Å². The van der Waals surface area contributed by atoms with E-state index in [0.29, 0.717) is 5.88 Å². The van der Waals surface area contributed by atoms with Crippen molar-refractivity contribution in [2.24, 2.45) is 7.05 Å². The maximum absolute atomic E-state index is 11.9. The summed E-state index contributed by atoms with van der Waals surface area (Å²) in [6.45, 7) is 0. The minimum absolute atomic E-state index is 0.0191. The van der Waals surface area contributed by atoms with Crippen molar-refractivity contribution in [2.45, 2.75) is 42.7 Å². The zero-order valence-corrected chi connectivity index (χ0v) is 21.2. The van der Waals surface area contributed by atoms with Crippen molar-refractivity contribution in [1.29, 1.82) is 0 Å². The van der Waals surface area contributed by atoms with Gasteiger partial charge in [0, 0.05) is 55.7 Å². The van der Waals surface area contributed by atoms with E-state index in [1.54, 1.807) is 37.4 Å². The quantitative estimate of drug-likeness (QED) is 0.422. The van der Waals surface area contributed by atoms with Gasteiger partial charge < -0.3 is 10.1 Å². The van der Waals surface area contributed by atoms with Crippen LogP contribution in [0.3, 0.4) is 0 Å². The Balaban J connectivity index is 1.42. The molecule has 0 bridgehead atoms. The lowest BCUT2D eigenvalue weighted by Crippen LogP contribution is -2.27. The van der Waals surface area contributed by atoms with Gasteiger partial charge in [-0.3, -0.25) is 9.48 Å². The second-order valence-corrected chi connectivity index (χ2v) is 11.1. The average molecular weight is 509 g/mol. The molecule has 1 aliphatic rings. The number of rotatable bonds is 6. The topological polar surface area (TPSA) is 121 Å². The number of hydrogen-bond donors (Lipinski definition) is 1. The zero-order valence-electron chi connectivity index (χ0n) is 20.4. The molecule has 1 fully saturated rings. The van der Waals surface area contributed by atoms with E-state index in [-0.39, 0.29) is 22.6 Å². The Kier molecular flexibility index (Phi) is 6.25. The minimum atomic E-state index is -3.28. The highest BCUT2D eigenvalue weighted by Crippen LogP contribution is 2.36. The van der Waals surface area contributed by atoms with Crippen LogP contribution in [0.2, 0.25) is 0 Å². The summed E-state index contributed by atoms with van der Waals surface area (Å²) < 4.78 is 33.1. The second kappa shape index (κ2) is 9.38. The molecule has 1 saturated carbocycles. The third-order valence-corrected chi connectivity index (χ3v) is 7.75. The molecule has 11 heteroatoms. The summed E-state index contributed by atoms with van der Waals surface area (Å²) in [5, 5.41) is 13.2. The molecular weight excluding hydrogens is 480 g/mol. The summed E-state index contributed by atoms with van der Waals surface area (Å²) in [4.78, 5) is 16.3. The summed E-state index contributed by atoms with van der Waals surface area (Å²) in [6.07, 6.45) is 6.44. The molecule has 0 spiro atoms. The van der Waals surface area contributed by atoms with Gasteiger partial charge in [-0.15, -0.1) is 5.10 Å². The summed E-state index contributed by atoms with van der Waals surface area (Å²) >= 11 is 0. The Hall–Kier alpha value is -3.73. The highest BCUT2D eigenvalue weighted by Gasteiger charge is 2.27. The lowest BCUT2D eigenvalue weighted by molar-refractivity contribution is 0.123. The lowest BCUT2D eigenvalue weighted by atomic mass is 9.93. The molecule has 0 aliphatic heterocycles. The molecule has 36 heavy (non-hydrogen) atoms. The predicted octanol–water partition coefficient (Wildman–Crippen LogP) is 3.20. The first-order valence-corrected chi connectivity index (χ1v) is 13.7. The fraction of sp³-hybridized carbons (Fsp3) is 0.360. The monoisotopic (exact) mass is 508 g/mol. The normalized spacial score (nSPS) is 18.3. The molecule has 1 aromatic carbocycles. The van der Waals surface area contributed by atoms with Crippen LogP contribution in [0.15, 0.2) is 58.4 Å². The SMILES string of the molecule is CNc1cc2c(cn1)c(-c1ccc(S(C)(=O)=O)cc1)nn2[C@H]1CC[C@@H](Oc2ccc(=O)n(C)n2)CC1. The van der Waals surface area contributed by atoms with Crippen LogP contribution < -0.4 is 15.6 Å². The van der Waals surface area contributed by atoms with Crippen molar-refractivity contribution in [2.75, 3.05) is 18.6 Å². The van der Waals surface area contributed by atoms with Crippen molar-refractivity contribution in [3.63, 3.8) is 0 Å². The molecule has 1 aliphatic carbocycles. The number of aromatic nitrogens is 5. The summed E-state index contributed by atoms with van der Waals surface area (Å²) in [5.41, 5.74) is 2.41. The van der Waals surface area contributed by atoms with E-state index in [4.69, 9.17) is 9.84 Å². The van der Waals surface area contributed by atoms with Gasteiger partial charge in [0.15, 0.2) is 9.84 Å². The predicted molar refractivity (Wildman–Crippen MR) is 137 cm³/mol. The van der Waals surface area contributed by atoms with Crippen LogP contribution in [0, 0.1) is 0 Å². The maximum Gasteiger partial charge on any atom is 0.266 e. The molecule has 4 aromatic rings. The number of sulfone groups is 1. The molecule has 0 atom stereocenters. The van der Waals surface area contributed by atoms with Gasteiger partial charge in [0.1, 0.15) is 17.6 Å². The Bertz CT molecular complexity index is 1570. The van der Waals surface area contributed by atoms with Crippen LogP contribution in [-0.4, -0.2) is 52.4 Å². The smallest absolute Gasteiger partial charge is 0.266 e. The number of ether oxygens (including phenoxy) is 1. The summed E-state index contributed by atoms with van der Waals surface area (Å²) in [7, 11) is 0.159. The van der Waals surface area contributed by atoms with Crippen molar-refractivity contribution < 1.29 is 13.2 Å². The number of benzene rings is 1. The molecule has 5 rings (SSSR count). The highest BCUT2D eigenvalue weighted by atomic mass is 32.2. The Morgan fingerprint density at radius 3 is 2.39 bits per heavy atom. The zero-order chi connectivity index (χ0) is 25.4. The number of nitrogens with one attached hydrogen (secondary N) is 1. The highest BCUT2D eigenvalue weighted by molar-refractivity contribution is 7.90. The van der Waals surface area contributed by atoms with Crippen LogP contribution in [0.25, 0.3) is 22.2 Å². The van der Waals surface area contributed by atoms with Gasteiger partial charge >= 0.3 is 0 Å². The van der Waals surface area contributed by atoms with Crippen molar-refractivity contribution in [1.82, 2.24) is 24.5 Å². The maximum atomic E-state index is 11.9. The van der Waals surface area contributed by atoms with E-state index < -0.39 is 9.84 Å². The molecule has 3 aromatic heterocycles. The van der Waals surface area contributed by atoms with Crippen LogP contribution >= 0.6 is 0 Å². The van der Waals surface area contributed by atoms with E-state index in [0.717, 1.165) is 53.7 Å². The number of nitrogens with zero attached hydrogens (tertiary/aromatic N) is 5. The van der Waals surface area contributed by atoms with Gasteiger partial charge in [0.05, 0.1) is 16.5 Å². The molecule has 0 radical (unpaired) electrons. The van der Waals surface area contributed by atoms with Crippen molar-refractivity contribution in [3.05, 3.63) is 59.0 Å². The number of anilines is 1. The van der Waals surface area contributed by atoms with E-state index in [9.17, 15) is 13.2 Å². The van der Waals surface area contributed by atoms with E-state index in [1.807, 2.05) is 19.3 Å². The lowest BCUT2D eigenvalue weighted by Gasteiger charge is -2.29. The fourth-order valence-electron chi connectivity index (χ4n) is 4.64. The first-order chi connectivity index (χ1) is 17.2. The fourth-order valence-corrected chi connectivity index (χ4v) is 5.27. The molecule has 0 unspecified atom stereocenters. The summed E-state index contributed by atoms with van der Waals surface area (Å²) in [6, 6.07) is 12.1. The minimum Gasteiger partial charge on any atom is -0.473 e. The Morgan fingerprint density at radius 1 is 1.03 bits per heavy atom. The Labute approximate surface area is 208 Å². The van der Waals surface area contributed by atoms with E-state index in [1.165, 1.54) is 17.0 Å². The summed E-state index contributed by atoms with van der Waals surface area (Å²) in [5.74, 6) is 1.20. The number of pyridine rings is 1. The molecule has 0 amide bonds. The number of fused-ring (bicyclic) bond motifs is 1. The molecule has 188 valence electrons. The average Bonchev–Trinajstić information content (AvgIpc) is 3.25. The number of aryl methyl sites for hydroxylation is 1. The standard InChI is InChI=1S/C25H28N6O4S/c1-26-22-14-21-20(15-27-22)25(16-4-10-19(11-5-16)36(3,33)34)29-31(21)17-6-8-18(9-7-17)35-23-12-13-24(32)30(2)28-23/h4-5,10-15,17-18H,6-9H2,1-3H3,(H,26,27)/t17-,18+. The van der Waals surface area contributed by atoms with Crippen molar-refractivity contribution in [3.8, 4) is 17.1 Å². The molecule has 3 heterocycles. The first-order valence-electron chi connectivity index (χ1n) is 11.8. The van der Waals surface area contributed by atoms with Gasteiger partial charge in [-0.05, 0) is 37.8 Å².